The maximum absolute atomic E-state index is 9.02. The Kier molecular flexibility index (Phi) is 4.58. The van der Waals surface area contributed by atoms with Gasteiger partial charge in [-0.1, -0.05) is 46.6 Å². The molecule has 0 saturated heterocycles. The van der Waals surface area contributed by atoms with Gasteiger partial charge in [-0.2, -0.15) is 0 Å². The molecule has 0 radical (unpaired) electrons. The van der Waals surface area contributed by atoms with E-state index >= 15 is 0 Å². The van der Waals surface area contributed by atoms with Crippen molar-refractivity contribution in [1.29, 1.82) is 0 Å². The number of rotatable bonds is 3. The molecule has 2 nitrogen and oxygen atoms in total. The van der Waals surface area contributed by atoms with Gasteiger partial charge in [0.1, 0.15) is 5.15 Å². The first-order chi connectivity index (χ1) is 8.10. The lowest BCUT2D eigenvalue weighted by molar-refractivity contribution is 0.285. The monoisotopic (exact) mass is 325 g/mol. The molecule has 90 valence electrons. The van der Waals surface area contributed by atoms with E-state index in [0.29, 0.717) is 20.1 Å². The van der Waals surface area contributed by atoms with Crippen molar-refractivity contribution in [2.75, 3.05) is 0 Å². The van der Waals surface area contributed by atoms with E-state index in [-0.39, 0.29) is 6.61 Å². The predicted octanol–water partition coefficient (Wildman–Crippen LogP) is 4.75. The number of aliphatic hydroxyl groups excluding tert-OH is 1. The van der Waals surface area contributed by atoms with E-state index in [4.69, 9.17) is 39.9 Å². The van der Waals surface area contributed by atoms with Crippen molar-refractivity contribution in [3.8, 4) is 0 Å². The van der Waals surface area contributed by atoms with Crippen LogP contribution in [0, 0.1) is 0 Å². The molecule has 0 atom stereocenters. The minimum atomic E-state index is -0.0988. The van der Waals surface area contributed by atoms with Gasteiger partial charge in [-0.3, -0.25) is 0 Å². The molecule has 1 aromatic carbocycles. The molecule has 0 saturated carbocycles. The van der Waals surface area contributed by atoms with Gasteiger partial charge >= 0.3 is 0 Å². The summed E-state index contributed by atoms with van der Waals surface area (Å²) >= 11 is 20.4. The Bertz CT molecular complexity index is 544. The lowest BCUT2D eigenvalue weighted by atomic mass is 10.4. The summed E-state index contributed by atoms with van der Waals surface area (Å²) in [5, 5.41) is 10.4. The van der Waals surface area contributed by atoms with E-state index in [1.165, 1.54) is 23.1 Å². The van der Waals surface area contributed by atoms with Gasteiger partial charge in [0.05, 0.1) is 21.5 Å². The molecule has 0 unspecified atom stereocenters. The number of thiazole rings is 1. The Hall–Kier alpha value is 0.0300. The first kappa shape index (κ1) is 13.5. The van der Waals surface area contributed by atoms with E-state index in [2.05, 4.69) is 4.98 Å². The number of aliphatic hydroxyl groups is 1. The molecule has 7 heteroatoms. The van der Waals surface area contributed by atoms with E-state index in [9.17, 15) is 0 Å². The van der Waals surface area contributed by atoms with Crippen molar-refractivity contribution in [1.82, 2.24) is 4.98 Å². The second kappa shape index (κ2) is 5.78. The molecule has 0 bridgehead atoms. The molecular formula is C10H6Cl3NOS2. The van der Waals surface area contributed by atoms with Crippen LogP contribution in [0.3, 0.4) is 0 Å². The Labute approximate surface area is 122 Å². The summed E-state index contributed by atoms with van der Waals surface area (Å²) < 4.78 is 0.762. The number of hydrogen-bond donors (Lipinski definition) is 1. The Balaban J connectivity index is 2.22. The summed E-state index contributed by atoms with van der Waals surface area (Å²) in [6.45, 7) is -0.0988. The third kappa shape index (κ3) is 3.28. The fraction of sp³-hybridized carbons (Fsp3) is 0.100. The zero-order valence-electron chi connectivity index (χ0n) is 8.28. The summed E-state index contributed by atoms with van der Waals surface area (Å²) in [4.78, 5) is 5.73. The molecular weight excluding hydrogens is 321 g/mol. The van der Waals surface area contributed by atoms with Crippen molar-refractivity contribution in [2.45, 2.75) is 15.8 Å². The highest BCUT2D eigenvalue weighted by Gasteiger charge is 2.10. The van der Waals surface area contributed by atoms with Crippen LogP contribution in [0.5, 0.6) is 0 Å². The largest absolute Gasteiger partial charge is 0.391 e. The van der Waals surface area contributed by atoms with Crippen LogP contribution in [-0.2, 0) is 6.61 Å². The van der Waals surface area contributed by atoms with Crippen molar-refractivity contribution in [2.24, 2.45) is 0 Å². The van der Waals surface area contributed by atoms with E-state index in [1.807, 2.05) is 6.07 Å². The average Bonchev–Trinajstić information content (AvgIpc) is 2.64. The van der Waals surface area contributed by atoms with Crippen molar-refractivity contribution in [3.63, 3.8) is 0 Å². The van der Waals surface area contributed by atoms with Crippen LogP contribution in [0.25, 0.3) is 0 Å². The normalized spacial score (nSPS) is 10.8. The number of nitrogens with zero attached hydrogens (tertiary/aromatic N) is 1. The number of benzene rings is 1. The Morgan fingerprint density at radius 1 is 1.24 bits per heavy atom. The SMILES string of the molecule is OCc1sc(Sc2ccc(Cl)c(Cl)c2)nc1Cl. The zero-order chi connectivity index (χ0) is 12.4. The van der Waals surface area contributed by atoms with Crippen LogP contribution in [0.2, 0.25) is 15.2 Å². The number of aromatic nitrogens is 1. The van der Waals surface area contributed by atoms with Crippen LogP contribution in [-0.4, -0.2) is 10.1 Å². The summed E-state index contributed by atoms with van der Waals surface area (Å²) in [6, 6.07) is 5.35. The third-order valence-electron chi connectivity index (χ3n) is 1.87. The van der Waals surface area contributed by atoms with Crippen LogP contribution in [0.1, 0.15) is 4.88 Å². The number of halogens is 3. The summed E-state index contributed by atoms with van der Waals surface area (Å²) in [7, 11) is 0. The summed E-state index contributed by atoms with van der Waals surface area (Å²) in [5.74, 6) is 0. The maximum atomic E-state index is 9.02. The van der Waals surface area contributed by atoms with Gasteiger partial charge in [-0.15, -0.1) is 11.3 Å². The Morgan fingerprint density at radius 3 is 2.59 bits per heavy atom. The van der Waals surface area contributed by atoms with Gasteiger partial charge in [-0.05, 0) is 18.2 Å². The molecule has 0 amide bonds. The molecule has 0 fully saturated rings. The zero-order valence-corrected chi connectivity index (χ0v) is 12.2. The number of hydrogen-bond acceptors (Lipinski definition) is 4. The first-order valence-corrected chi connectivity index (χ1v) is 7.26. The van der Waals surface area contributed by atoms with Crippen molar-refractivity contribution >= 4 is 57.9 Å². The lowest BCUT2D eigenvalue weighted by Crippen LogP contribution is -1.75. The lowest BCUT2D eigenvalue weighted by Gasteiger charge is -1.99. The molecule has 1 heterocycles. The van der Waals surface area contributed by atoms with Gasteiger partial charge in [0, 0.05) is 4.90 Å². The molecule has 1 aromatic heterocycles. The van der Waals surface area contributed by atoms with Gasteiger partial charge in [0.15, 0.2) is 4.34 Å². The quantitative estimate of drug-likeness (QED) is 0.884. The van der Waals surface area contributed by atoms with E-state index < -0.39 is 0 Å². The second-order valence-corrected chi connectivity index (χ2v) is 6.61. The fourth-order valence-corrected chi connectivity index (χ4v) is 3.77. The smallest absolute Gasteiger partial charge is 0.156 e. The molecule has 0 aliphatic carbocycles. The highest BCUT2D eigenvalue weighted by Crippen LogP contribution is 2.36. The average molecular weight is 327 g/mol. The van der Waals surface area contributed by atoms with E-state index in [1.54, 1.807) is 12.1 Å². The predicted molar refractivity (Wildman–Crippen MR) is 73.6 cm³/mol. The standard InChI is InChI=1S/C10H6Cl3NOS2/c11-6-2-1-5(3-7(6)12)16-10-14-9(13)8(4-15)17-10/h1-3,15H,4H2. The third-order valence-corrected chi connectivity index (χ3v) is 5.12. The van der Waals surface area contributed by atoms with Crippen molar-refractivity contribution < 1.29 is 5.11 Å². The van der Waals surface area contributed by atoms with Crippen LogP contribution in [0.4, 0.5) is 0 Å². The van der Waals surface area contributed by atoms with Crippen LogP contribution in [0.15, 0.2) is 27.4 Å². The Morgan fingerprint density at radius 2 is 2.00 bits per heavy atom. The van der Waals surface area contributed by atoms with Crippen LogP contribution < -0.4 is 0 Å². The molecule has 0 spiro atoms. The minimum absolute atomic E-state index is 0.0988. The topological polar surface area (TPSA) is 33.1 Å². The minimum Gasteiger partial charge on any atom is -0.391 e. The van der Waals surface area contributed by atoms with Crippen molar-refractivity contribution in [3.05, 3.63) is 38.3 Å². The summed E-state index contributed by atoms with van der Waals surface area (Å²) in [5.41, 5.74) is 0. The van der Waals surface area contributed by atoms with Gasteiger partial charge in [-0.25, -0.2) is 4.98 Å². The highest BCUT2D eigenvalue weighted by molar-refractivity contribution is 8.01. The summed E-state index contributed by atoms with van der Waals surface area (Å²) in [6.07, 6.45) is 0. The van der Waals surface area contributed by atoms with Gasteiger partial charge < -0.3 is 5.11 Å². The second-order valence-electron chi connectivity index (χ2n) is 3.03. The van der Waals surface area contributed by atoms with Gasteiger partial charge in [0.25, 0.3) is 0 Å². The van der Waals surface area contributed by atoms with E-state index in [0.717, 1.165) is 9.24 Å². The maximum Gasteiger partial charge on any atom is 0.156 e. The molecule has 2 rings (SSSR count). The molecule has 0 aliphatic rings. The fourth-order valence-electron chi connectivity index (χ4n) is 1.10. The molecule has 1 N–H and O–H groups in total. The molecule has 0 aliphatic heterocycles. The first-order valence-electron chi connectivity index (χ1n) is 4.49. The highest BCUT2D eigenvalue weighted by atomic mass is 35.5. The molecule has 2 aromatic rings. The van der Waals surface area contributed by atoms with Crippen LogP contribution >= 0.6 is 57.9 Å². The van der Waals surface area contributed by atoms with Gasteiger partial charge in [0.2, 0.25) is 0 Å². The molecule has 17 heavy (non-hydrogen) atoms.